The molecule has 0 aliphatic carbocycles. The summed E-state index contributed by atoms with van der Waals surface area (Å²) >= 11 is 0. The number of ether oxygens (including phenoxy) is 1. The molecule has 21 heavy (non-hydrogen) atoms. The van der Waals surface area contributed by atoms with Crippen molar-refractivity contribution in [1.29, 1.82) is 0 Å². The first kappa shape index (κ1) is 16.9. The fourth-order valence-corrected chi connectivity index (χ4v) is 1.40. The van der Waals surface area contributed by atoms with Crippen molar-refractivity contribution in [1.82, 2.24) is 5.32 Å². The van der Waals surface area contributed by atoms with Gasteiger partial charge in [-0.05, 0) is 13.0 Å². The van der Waals surface area contributed by atoms with Crippen molar-refractivity contribution < 1.29 is 17.9 Å². The Bertz CT molecular complexity index is 512. The lowest BCUT2D eigenvalue weighted by Gasteiger charge is -2.12. The Hall–Kier alpha value is -2.18. The molecule has 0 spiro atoms. The summed E-state index contributed by atoms with van der Waals surface area (Å²) in [7, 11) is 0. The second-order valence-electron chi connectivity index (χ2n) is 4.52. The third-order valence-electron chi connectivity index (χ3n) is 2.35. The molecule has 0 unspecified atom stereocenters. The highest BCUT2D eigenvalue weighted by Gasteiger charge is 2.28. The predicted octanol–water partition coefficient (Wildman–Crippen LogP) is 2.61. The summed E-state index contributed by atoms with van der Waals surface area (Å²) in [6.07, 6.45) is -4.38. The minimum Gasteiger partial charge on any atom is -0.484 e. The molecule has 1 aromatic carbocycles. The molecule has 7 heteroatoms. The van der Waals surface area contributed by atoms with Crippen LogP contribution in [-0.4, -0.2) is 25.3 Å². The highest BCUT2D eigenvalue weighted by atomic mass is 19.4. The second kappa shape index (κ2) is 7.56. The Labute approximate surface area is 121 Å². The molecule has 0 saturated carbocycles. The first-order valence-electron chi connectivity index (χ1n) is 6.23. The van der Waals surface area contributed by atoms with Crippen LogP contribution in [0, 0.1) is 0 Å². The van der Waals surface area contributed by atoms with E-state index in [1.165, 1.54) is 6.07 Å². The van der Waals surface area contributed by atoms with Gasteiger partial charge in [-0.2, -0.15) is 13.2 Å². The molecule has 0 heterocycles. The monoisotopic (exact) mass is 301 g/mol. The van der Waals surface area contributed by atoms with Crippen molar-refractivity contribution in [2.45, 2.75) is 19.6 Å². The molecular formula is C14H18F3N3O. The van der Waals surface area contributed by atoms with Gasteiger partial charge in [0.2, 0.25) is 0 Å². The minimum absolute atomic E-state index is 0.128. The van der Waals surface area contributed by atoms with E-state index >= 15 is 0 Å². The van der Waals surface area contributed by atoms with Crippen LogP contribution in [0.2, 0.25) is 0 Å². The second-order valence-corrected chi connectivity index (χ2v) is 4.52. The van der Waals surface area contributed by atoms with Crippen LogP contribution >= 0.6 is 0 Å². The van der Waals surface area contributed by atoms with E-state index in [0.29, 0.717) is 12.1 Å². The summed E-state index contributed by atoms with van der Waals surface area (Å²) in [5, 5.41) is 2.84. The predicted molar refractivity (Wildman–Crippen MR) is 76.1 cm³/mol. The fraction of sp³-hybridized carbons (Fsp3) is 0.357. The zero-order valence-corrected chi connectivity index (χ0v) is 11.7. The number of hydrogen-bond donors (Lipinski definition) is 2. The summed E-state index contributed by atoms with van der Waals surface area (Å²) < 4.78 is 41.3. The number of para-hydroxylation sites is 1. The van der Waals surface area contributed by atoms with Crippen molar-refractivity contribution in [2.24, 2.45) is 10.7 Å². The molecular weight excluding hydrogens is 283 g/mol. The van der Waals surface area contributed by atoms with Gasteiger partial charge in [-0.1, -0.05) is 30.4 Å². The van der Waals surface area contributed by atoms with Gasteiger partial charge < -0.3 is 15.8 Å². The van der Waals surface area contributed by atoms with E-state index in [1.54, 1.807) is 18.2 Å². The maximum absolute atomic E-state index is 12.2. The number of guanidine groups is 1. The highest BCUT2D eigenvalue weighted by molar-refractivity contribution is 5.78. The van der Waals surface area contributed by atoms with E-state index in [2.05, 4.69) is 16.9 Å². The van der Waals surface area contributed by atoms with Crippen LogP contribution in [0.25, 0.3) is 0 Å². The smallest absolute Gasteiger partial charge is 0.422 e. The standard InChI is InChI=1S/C14H18F3N3O/c1-10(2)7-19-13(18)20-8-11-5-3-4-6-12(11)21-9-14(15,16)17/h3-6H,1,7-9H2,2H3,(H3,18,19,20). The maximum Gasteiger partial charge on any atom is 0.422 e. The lowest BCUT2D eigenvalue weighted by Crippen LogP contribution is -2.32. The number of rotatable bonds is 6. The minimum atomic E-state index is -4.38. The molecule has 0 radical (unpaired) electrons. The molecule has 1 rings (SSSR count). The average Bonchev–Trinajstić information content (AvgIpc) is 2.40. The van der Waals surface area contributed by atoms with Gasteiger partial charge in [-0.3, -0.25) is 0 Å². The molecule has 3 N–H and O–H groups in total. The van der Waals surface area contributed by atoms with Crippen molar-refractivity contribution in [3.8, 4) is 5.75 Å². The van der Waals surface area contributed by atoms with Gasteiger partial charge in [0.25, 0.3) is 0 Å². The van der Waals surface area contributed by atoms with Crippen molar-refractivity contribution in [3.05, 3.63) is 42.0 Å². The Kier molecular flexibility index (Phi) is 6.08. The highest BCUT2D eigenvalue weighted by Crippen LogP contribution is 2.22. The molecule has 0 amide bonds. The molecule has 0 atom stereocenters. The SMILES string of the molecule is C=C(C)CNC(N)=NCc1ccccc1OCC(F)(F)F. The molecule has 0 aliphatic rings. The van der Waals surface area contributed by atoms with E-state index in [9.17, 15) is 13.2 Å². The Morgan fingerprint density at radius 1 is 1.38 bits per heavy atom. The molecule has 4 nitrogen and oxygen atoms in total. The number of aliphatic imine (C=N–C) groups is 1. The van der Waals surface area contributed by atoms with E-state index < -0.39 is 12.8 Å². The fourth-order valence-electron chi connectivity index (χ4n) is 1.40. The first-order chi connectivity index (χ1) is 9.78. The topological polar surface area (TPSA) is 59.6 Å². The summed E-state index contributed by atoms with van der Waals surface area (Å²) in [4.78, 5) is 4.05. The van der Waals surface area contributed by atoms with Crippen LogP contribution in [0.4, 0.5) is 13.2 Å². The maximum atomic E-state index is 12.2. The van der Waals surface area contributed by atoms with Gasteiger partial charge >= 0.3 is 6.18 Å². The molecule has 116 valence electrons. The molecule has 0 bridgehead atoms. The zero-order chi connectivity index (χ0) is 15.9. The summed E-state index contributed by atoms with van der Waals surface area (Å²) in [5.41, 5.74) is 7.06. The van der Waals surface area contributed by atoms with Gasteiger partial charge in [-0.15, -0.1) is 0 Å². The Morgan fingerprint density at radius 2 is 2.05 bits per heavy atom. The number of halogens is 3. The van der Waals surface area contributed by atoms with Gasteiger partial charge in [-0.25, -0.2) is 4.99 Å². The lowest BCUT2D eigenvalue weighted by atomic mass is 10.2. The summed E-state index contributed by atoms with van der Waals surface area (Å²) in [5.74, 6) is 0.343. The molecule has 0 aromatic heterocycles. The largest absolute Gasteiger partial charge is 0.484 e. The van der Waals surface area contributed by atoms with E-state index in [-0.39, 0.29) is 18.3 Å². The van der Waals surface area contributed by atoms with E-state index in [0.717, 1.165) is 5.57 Å². The van der Waals surface area contributed by atoms with Crippen LogP contribution in [0.5, 0.6) is 5.75 Å². The average molecular weight is 301 g/mol. The first-order valence-corrected chi connectivity index (χ1v) is 6.23. The van der Waals surface area contributed by atoms with Crippen LogP contribution in [0.3, 0.4) is 0 Å². The quantitative estimate of drug-likeness (QED) is 0.482. The molecule has 0 aliphatic heterocycles. The van der Waals surface area contributed by atoms with Gasteiger partial charge in [0.15, 0.2) is 12.6 Å². The van der Waals surface area contributed by atoms with Crippen LogP contribution in [0.15, 0.2) is 41.4 Å². The van der Waals surface area contributed by atoms with E-state index in [4.69, 9.17) is 10.5 Å². The number of nitrogens with two attached hydrogens (primary N) is 1. The molecule has 1 aromatic rings. The third-order valence-corrected chi connectivity index (χ3v) is 2.35. The van der Waals surface area contributed by atoms with E-state index in [1.807, 2.05) is 6.92 Å². The van der Waals surface area contributed by atoms with Crippen LogP contribution in [0.1, 0.15) is 12.5 Å². The van der Waals surface area contributed by atoms with Crippen molar-refractivity contribution >= 4 is 5.96 Å². The van der Waals surface area contributed by atoms with Gasteiger partial charge in [0.1, 0.15) is 5.75 Å². The summed E-state index contributed by atoms with van der Waals surface area (Å²) in [6, 6.07) is 6.40. The number of nitrogens with zero attached hydrogens (tertiary/aromatic N) is 1. The Balaban J connectivity index is 2.66. The number of nitrogens with one attached hydrogen (secondary N) is 1. The number of benzene rings is 1. The summed E-state index contributed by atoms with van der Waals surface area (Å²) in [6.45, 7) is 4.82. The normalized spacial score (nSPS) is 12.1. The van der Waals surface area contributed by atoms with Gasteiger partial charge in [0.05, 0.1) is 6.54 Å². The molecule has 0 fully saturated rings. The number of alkyl halides is 3. The van der Waals surface area contributed by atoms with Crippen LogP contribution < -0.4 is 15.8 Å². The van der Waals surface area contributed by atoms with Crippen LogP contribution in [-0.2, 0) is 6.54 Å². The van der Waals surface area contributed by atoms with Gasteiger partial charge in [0, 0.05) is 12.1 Å². The van der Waals surface area contributed by atoms with Crippen molar-refractivity contribution in [3.63, 3.8) is 0 Å². The molecule has 0 saturated heterocycles. The lowest BCUT2D eigenvalue weighted by molar-refractivity contribution is -0.153. The number of hydrogen-bond acceptors (Lipinski definition) is 2. The third kappa shape index (κ3) is 7.24. The Morgan fingerprint density at radius 3 is 2.67 bits per heavy atom. The zero-order valence-electron chi connectivity index (χ0n) is 11.7. The van der Waals surface area contributed by atoms with Crippen molar-refractivity contribution in [2.75, 3.05) is 13.2 Å².